The monoisotopic (exact) mass is 374 g/mol. The molecule has 0 radical (unpaired) electrons. The van der Waals surface area contributed by atoms with E-state index >= 15 is 0 Å². The van der Waals surface area contributed by atoms with Crippen molar-refractivity contribution in [1.29, 1.82) is 0 Å². The topological polar surface area (TPSA) is 71.5 Å². The molecule has 25 heavy (non-hydrogen) atoms. The van der Waals surface area contributed by atoms with Crippen LogP contribution in [-0.4, -0.2) is 22.2 Å². The number of benzene rings is 2. The van der Waals surface area contributed by atoms with E-state index in [1.807, 2.05) is 41.8 Å². The lowest BCUT2D eigenvalue weighted by Crippen LogP contribution is -2.22. The fourth-order valence-corrected chi connectivity index (χ4v) is 2.95. The quantitative estimate of drug-likeness (QED) is 0.631. The van der Waals surface area contributed by atoms with Gasteiger partial charge in [0, 0.05) is 21.7 Å². The molecule has 1 aromatic heterocycles. The number of aliphatic carboxylic acids is 1. The van der Waals surface area contributed by atoms with E-state index in [2.05, 4.69) is 10.3 Å². The average Bonchev–Trinajstić information content (AvgIpc) is 3.06. The van der Waals surface area contributed by atoms with Crippen molar-refractivity contribution in [2.24, 2.45) is 0 Å². The summed E-state index contributed by atoms with van der Waals surface area (Å²) in [6, 6.07) is 14.6. The predicted octanol–water partition coefficient (Wildman–Crippen LogP) is 5.06. The molecule has 2 aromatic carbocycles. The van der Waals surface area contributed by atoms with Crippen LogP contribution in [0.3, 0.4) is 0 Å². The minimum atomic E-state index is -0.999. The summed E-state index contributed by atoms with van der Waals surface area (Å²) < 4.78 is 5.32. The van der Waals surface area contributed by atoms with E-state index < -0.39 is 12.1 Å². The molecule has 0 amide bonds. The van der Waals surface area contributed by atoms with Crippen LogP contribution >= 0.6 is 22.9 Å². The molecule has 7 heteroatoms. The number of ether oxygens (including phenoxy) is 1. The maximum Gasteiger partial charge on any atom is 0.344 e. The van der Waals surface area contributed by atoms with Crippen molar-refractivity contribution in [2.75, 3.05) is 5.32 Å². The zero-order chi connectivity index (χ0) is 17.8. The van der Waals surface area contributed by atoms with Crippen LogP contribution in [0.25, 0.3) is 11.3 Å². The molecule has 0 bridgehead atoms. The molecule has 128 valence electrons. The maximum atomic E-state index is 10.8. The van der Waals surface area contributed by atoms with E-state index in [0.717, 1.165) is 22.1 Å². The van der Waals surface area contributed by atoms with Crippen molar-refractivity contribution in [3.63, 3.8) is 0 Å². The molecular weight excluding hydrogens is 360 g/mol. The van der Waals surface area contributed by atoms with Gasteiger partial charge in [-0.1, -0.05) is 11.6 Å². The first kappa shape index (κ1) is 17.3. The lowest BCUT2D eigenvalue weighted by Gasteiger charge is -2.10. The van der Waals surface area contributed by atoms with Gasteiger partial charge in [-0.25, -0.2) is 9.78 Å². The van der Waals surface area contributed by atoms with Gasteiger partial charge in [0.05, 0.1) is 5.69 Å². The largest absolute Gasteiger partial charge is 0.479 e. The summed E-state index contributed by atoms with van der Waals surface area (Å²) in [4.78, 5) is 15.4. The Morgan fingerprint density at radius 1 is 1.20 bits per heavy atom. The molecule has 3 aromatic rings. The number of hydrogen-bond acceptors (Lipinski definition) is 5. The minimum absolute atomic E-state index is 0.508. The van der Waals surface area contributed by atoms with Crippen LogP contribution in [0.5, 0.6) is 5.75 Å². The number of halogens is 1. The number of rotatable bonds is 6. The number of carboxylic acid groups (broad SMARTS) is 1. The van der Waals surface area contributed by atoms with Gasteiger partial charge in [-0.05, 0) is 55.5 Å². The molecule has 3 rings (SSSR count). The van der Waals surface area contributed by atoms with Gasteiger partial charge in [0.25, 0.3) is 0 Å². The number of nitrogens with zero attached hydrogens (tertiary/aromatic N) is 1. The Hall–Kier alpha value is -2.57. The number of hydrogen-bond donors (Lipinski definition) is 2. The number of thiazole rings is 1. The molecule has 1 heterocycles. The van der Waals surface area contributed by atoms with Crippen molar-refractivity contribution in [3.8, 4) is 17.0 Å². The Morgan fingerprint density at radius 2 is 1.88 bits per heavy atom. The molecule has 2 N–H and O–H groups in total. The molecule has 0 saturated heterocycles. The van der Waals surface area contributed by atoms with Crippen molar-refractivity contribution in [1.82, 2.24) is 4.98 Å². The summed E-state index contributed by atoms with van der Waals surface area (Å²) in [5, 5.41) is 15.5. The maximum absolute atomic E-state index is 10.8. The Bertz CT molecular complexity index is 863. The SMILES string of the molecule is C[C@H](Oc1ccc(-c2csc(Nc3ccc(Cl)cc3)n2)cc1)C(=O)O. The summed E-state index contributed by atoms with van der Waals surface area (Å²) in [6.45, 7) is 1.49. The summed E-state index contributed by atoms with van der Waals surface area (Å²) in [6.07, 6.45) is -0.889. The van der Waals surface area contributed by atoms with Gasteiger partial charge in [-0.3, -0.25) is 0 Å². The smallest absolute Gasteiger partial charge is 0.344 e. The number of carboxylic acids is 1. The second-order valence-corrected chi connectivity index (χ2v) is 6.59. The van der Waals surface area contributed by atoms with Crippen molar-refractivity contribution in [2.45, 2.75) is 13.0 Å². The number of nitrogens with one attached hydrogen (secondary N) is 1. The highest BCUT2D eigenvalue weighted by atomic mass is 35.5. The molecule has 0 saturated carbocycles. The molecule has 0 aliphatic rings. The third-order valence-corrected chi connectivity index (χ3v) is 4.42. The van der Waals surface area contributed by atoms with Gasteiger partial charge in [-0.15, -0.1) is 11.3 Å². The molecule has 0 unspecified atom stereocenters. The number of carbonyl (C=O) groups is 1. The van der Waals surface area contributed by atoms with E-state index in [1.165, 1.54) is 18.3 Å². The first-order valence-corrected chi connectivity index (χ1v) is 8.75. The van der Waals surface area contributed by atoms with E-state index in [1.54, 1.807) is 12.1 Å². The van der Waals surface area contributed by atoms with Gasteiger partial charge >= 0.3 is 5.97 Å². The predicted molar refractivity (Wildman–Crippen MR) is 100 cm³/mol. The molecule has 0 aliphatic heterocycles. The fraction of sp³-hybridized carbons (Fsp3) is 0.111. The molecule has 0 spiro atoms. The highest BCUT2D eigenvalue weighted by Gasteiger charge is 2.12. The van der Waals surface area contributed by atoms with Crippen LogP contribution in [0.1, 0.15) is 6.92 Å². The molecule has 0 fully saturated rings. The highest BCUT2D eigenvalue weighted by Crippen LogP contribution is 2.28. The van der Waals surface area contributed by atoms with Gasteiger partial charge in [0.1, 0.15) is 5.75 Å². The third kappa shape index (κ3) is 4.49. The van der Waals surface area contributed by atoms with Crippen LogP contribution in [0.15, 0.2) is 53.9 Å². The van der Waals surface area contributed by atoms with E-state index in [-0.39, 0.29) is 0 Å². The zero-order valence-electron chi connectivity index (χ0n) is 13.3. The fourth-order valence-electron chi connectivity index (χ4n) is 2.08. The third-order valence-electron chi connectivity index (χ3n) is 3.41. The molecule has 0 aliphatic carbocycles. The molecule has 5 nitrogen and oxygen atoms in total. The van der Waals surface area contributed by atoms with Crippen LogP contribution in [-0.2, 0) is 4.79 Å². The Kier molecular flexibility index (Phi) is 5.21. The van der Waals surface area contributed by atoms with E-state index in [0.29, 0.717) is 10.8 Å². The van der Waals surface area contributed by atoms with Crippen LogP contribution in [0.4, 0.5) is 10.8 Å². The normalized spacial score (nSPS) is 11.8. The lowest BCUT2D eigenvalue weighted by atomic mass is 10.2. The van der Waals surface area contributed by atoms with Gasteiger partial charge in [-0.2, -0.15) is 0 Å². The Labute approximate surface area is 153 Å². The lowest BCUT2D eigenvalue weighted by molar-refractivity contribution is -0.144. The van der Waals surface area contributed by atoms with Crippen LogP contribution in [0, 0.1) is 0 Å². The van der Waals surface area contributed by atoms with E-state index in [9.17, 15) is 4.79 Å². The van der Waals surface area contributed by atoms with Gasteiger partial charge < -0.3 is 15.2 Å². The summed E-state index contributed by atoms with van der Waals surface area (Å²) >= 11 is 7.37. The van der Waals surface area contributed by atoms with Gasteiger partial charge in [0.2, 0.25) is 0 Å². The zero-order valence-corrected chi connectivity index (χ0v) is 14.8. The Morgan fingerprint density at radius 3 is 2.52 bits per heavy atom. The number of aromatic nitrogens is 1. The van der Waals surface area contributed by atoms with Gasteiger partial charge in [0.15, 0.2) is 11.2 Å². The summed E-state index contributed by atoms with van der Waals surface area (Å²) in [7, 11) is 0. The summed E-state index contributed by atoms with van der Waals surface area (Å²) in [5.74, 6) is -0.491. The first-order valence-electron chi connectivity index (χ1n) is 7.49. The first-order chi connectivity index (χ1) is 12.0. The summed E-state index contributed by atoms with van der Waals surface area (Å²) in [5.41, 5.74) is 2.67. The highest BCUT2D eigenvalue weighted by molar-refractivity contribution is 7.14. The standard InChI is InChI=1S/C18H15ClN2O3S/c1-11(17(22)23)24-15-8-2-12(3-9-15)16-10-25-18(21-16)20-14-6-4-13(19)5-7-14/h2-11H,1H3,(H,20,21)(H,22,23)/t11-/m0/s1. The minimum Gasteiger partial charge on any atom is -0.479 e. The van der Waals surface area contributed by atoms with Crippen LogP contribution < -0.4 is 10.1 Å². The molecular formula is C18H15ClN2O3S. The van der Waals surface area contributed by atoms with Crippen molar-refractivity contribution in [3.05, 3.63) is 58.9 Å². The average molecular weight is 375 g/mol. The van der Waals surface area contributed by atoms with E-state index in [4.69, 9.17) is 21.4 Å². The molecule has 1 atom stereocenters. The second-order valence-electron chi connectivity index (χ2n) is 5.29. The number of anilines is 2. The van der Waals surface area contributed by atoms with Crippen molar-refractivity contribution >= 4 is 39.7 Å². The Balaban J connectivity index is 1.69. The van der Waals surface area contributed by atoms with Crippen LogP contribution in [0.2, 0.25) is 5.02 Å². The second kappa shape index (κ2) is 7.55. The van der Waals surface area contributed by atoms with Crippen molar-refractivity contribution < 1.29 is 14.6 Å².